The van der Waals surface area contributed by atoms with E-state index in [0.717, 1.165) is 24.1 Å². The molecule has 1 atom stereocenters. The van der Waals surface area contributed by atoms with Crippen LogP contribution in [0.2, 0.25) is 5.02 Å². The molecular weight excluding hydrogens is 258 g/mol. The second-order valence-electron chi connectivity index (χ2n) is 4.56. The Morgan fingerprint density at radius 3 is 2.82 bits per heavy atom. The van der Waals surface area contributed by atoms with Crippen molar-refractivity contribution in [2.45, 2.75) is 25.8 Å². The van der Waals surface area contributed by atoms with Crippen molar-refractivity contribution in [1.82, 2.24) is 0 Å². The van der Waals surface area contributed by atoms with Crippen LogP contribution in [0.4, 0.5) is 5.69 Å². The lowest BCUT2D eigenvalue weighted by Gasteiger charge is -2.24. The van der Waals surface area contributed by atoms with E-state index in [9.17, 15) is 8.42 Å². The minimum absolute atomic E-state index is 0.00697. The van der Waals surface area contributed by atoms with Crippen molar-refractivity contribution in [2.24, 2.45) is 0 Å². The van der Waals surface area contributed by atoms with Gasteiger partial charge in [0, 0.05) is 16.8 Å². The van der Waals surface area contributed by atoms with E-state index in [2.05, 4.69) is 5.32 Å². The summed E-state index contributed by atoms with van der Waals surface area (Å²) in [6.45, 7) is 1.94. The first-order valence-electron chi connectivity index (χ1n) is 5.69. The average Bonchev–Trinajstić information content (AvgIpc) is 2.22. The molecule has 1 unspecified atom stereocenters. The molecule has 1 saturated heterocycles. The van der Waals surface area contributed by atoms with E-state index in [1.807, 2.05) is 25.1 Å². The number of benzene rings is 1. The number of sulfone groups is 1. The molecule has 2 rings (SSSR count). The van der Waals surface area contributed by atoms with Crippen LogP contribution >= 0.6 is 11.6 Å². The van der Waals surface area contributed by atoms with Gasteiger partial charge < -0.3 is 5.32 Å². The molecule has 1 N–H and O–H groups in total. The minimum Gasteiger partial charge on any atom is -0.381 e. The number of rotatable bonds is 2. The molecule has 0 radical (unpaired) electrons. The molecule has 1 aromatic rings. The Hall–Kier alpha value is -0.740. The zero-order valence-corrected chi connectivity index (χ0v) is 11.3. The number of nitrogens with one attached hydrogen (secondary N) is 1. The standard InChI is InChI=1S/C12H16ClNO2S/c1-9-4-5-10(7-12(9)13)14-11-3-2-6-17(15,16)8-11/h4-5,7,11,14H,2-3,6,8H2,1H3. The molecule has 0 spiro atoms. The molecule has 0 amide bonds. The van der Waals surface area contributed by atoms with Crippen LogP contribution in [-0.2, 0) is 9.84 Å². The summed E-state index contributed by atoms with van der Waals surface area (Å²) in [6.07, 6.45) is 1.63. The maximum absolute atomic E-state index is 11.5. The highest BCUT2D eigenvalue weighted by Gasteiger charge is 2.24. The Morgan fingerprint density at radius 2 is 2.18 bits per heavy atom. The zero-order chi connectivity index (χ0) is 12.5. The Bertz CT molecular complexity index is 513. The quantitative estimate of drug-likeness (QED) is 0.901. The third-order valence-corrected chi connectivity index (χ3v) is 5.23. The third kappa shape index (κ3) is 3.36. The molecule has 1 heterocycles. The highest BCUT2D eigenvalue weighted by atomic mass is 35.5. The normalized spacial score (nSPS) is 23.3. The van der Waals surface area contributed by atoms with Gasteiger partial charge in [-0.05, 0) is 37.5 Å². The van der Waals surface area contributed by atoms with Crippen molar-refractivity contribution in [1.29, 1.82) is 0 Å². The van der Waals surface area contributed by atoms with E-state index >= 15 is 0 Å². The first kappa shape index (κ1) is 12.7. The Labute approximate surface area is 107 Å². The van der Waals surface area contributed by atoms with Gasteiger partial charge >= 0.3 is 0 Å². The number of hydrogen-bond acceptors (Lipinski definition) is 3. The predicted octanol–water partition coefficient (Wildman–Crippen LogP) is 2.64. The minimum atomic E-state index is -2.87. The van der Waals surface area contributed by atoms with Gasteiger partial charge in [-0.15, -0.1) is 0 Å². The summed E-state index contributed by atoms with van der Waals surface area (Å²) >= 11 is 6.03. The van der Waals surface area contributed by atoms with E-state index in [1.54, 1.807) is 0 Å². The van der Waals surface area contributed by atoms with E-state index in [4.69, 9.17) is 11.6 Å². The lowest BCUT2D eigenvalue weighted by Crippen LogP contribution is -2.34. The van der Waals surface area contributed by atoms with Crippen LogP contribution in [0.5, 0.6) is 0 Å². The van der Waals surface area contributed by atoms with Gasteiger partial charge in [0.05, 0.1) is 11.5 Å². The second-order valence-corrected chi connectivity index (χ2v) is 7.20. The largest absolute Gasteiger partial charge is 0.381 e. The predicted molar refractivity (Wildman–Crippen MR) is 71.5 cm³/mol. The highest BCUT2D eigenvalue weighted by molar-refractivity contribution is 7.91. The molecule has 94 valence electrons. The molecule has 0 saturated carbocycles. The SMILES string of the molecule is Cc1ccc(NC2CCCS(=O)(=O)C2)cc1Cl. The summed E-state index contributed by atoms with van der Waals surface area (Å²) < 4.78 is 23.0. The van der Waals surface area contributed by atoms with Crippen LogP contribution < -0.4 is 5.32 Å². The van der Waals surface area contributed by atoms with Gasteiger partial charge in [-0.3, -0.25) is 0 Å². The Kier molecular flexibility index (Phi) is 3.64. The number of anilines is 1. The Morgan fingerprint density at radius 1 is 1.41 bits per heavy atom. The molecular formula is C12H16ClNO2S. The first-order valence-corrected chi connectivity index (χ1v) is 7.89. The van der Waals surface area contributed by atoms with Crippen molar-refractivity contribution in [3.05, 3.63) is 28.8 Å². The fourth-order valence-corrected chi connectivity index (χ4v) is 3.87. The van der Waals surface area contributed by atoms with Crippen LogP contribution in [0.15, 0.2) is 18.2 Å². The van der Waals surface area contributed by atoms with E-state index < -0.39 is 9.84 Å². The molecule has 1 aliphatic heterocycles. The molecule has 0 aliphatic carbocycles. The summed E-state index contributed by atoms with van der Waals surface area (Å²) in [5, 5.41) is 3.94. The van der Waals surface area contributed by atoms with Crippen molar-refractivity contribution in [3.8, 4) is 0 Å². The number of aryl methyl sites for hydroxylation is 1. The van der Waals surface area contributed by atoms with E-state index in [-0.39, 0.29) is 11.8 Å². The summed E-state index contributed by atoms with van der Waals surface area (Å²) in [5.74, 6) is 0.540. The van der Waals surface area contributed by atoms with Crippen molar-refractivity contribution < 1.29 is 8.42 Å². The van der Waals surface area contributed by atoms with Gasteiger partial charge in [-0.2, -0.15) is 0 Å². The Balaban J connectivity index is 2.08. The first-order chi connectivity index (χ1) is 7.96. The molecule has 0 aromatic heterocycles. The number of halogens is 1. The van der Waals surface area contributed by atoms with Crippen LogP contribution in [0.3, 0.4) is 0 Å². The topological polar surface area (TPSA) is 46.2 Å². The zero-order valence-electron chi connectivity index (χ0n) is 9.74. The van der Waals surface area contributed by atoms with Crippen LogP contribution in [-0.4, -0.2) is 26.0 Å². The summed E-state index contributed by atoms with van der Waals surface area (Å²) in [5.41, 5.74) is 1.91. The summed E-state index contributed by atoms with van der Waals surface area (Å²) in [4.78, 5) is 0. The van der Waals surface area contributed by atoms with Gasteiger partial charge in [0.2, 0.25) is 0 Å². The smallest absolute Gasteiger partial charge is 0.152 e. The van der Waals surface area contributed by atoms with Gasteiger partial charge in [0.1, 0.15) is 0 Å². The highest BCUT2D eigenvalue weighted by Crippen LogP contribution is 2.22. The van der Waals surface area contributed by atoms with Gasteiger partial charge in [-0.25, -0.2) is 8.42 Å². The maximum Gasteiger partial charge on any atom is 0.152 e. The van der Waals surface area contributed by atoms with Gasteiger partial charge in [0.25, 0.3) is 0 Å². The van der Waals surface area contributed by atoms with E-state index in [0.29, 0.717) is 10.8 Å². The van der Waals surface area contributed by atoms with Crippen LogP contribution in [0.25, 0.3) is 0 Å². The number of hydrogen-bond donors (Lipinski definition) is 1. The van der Waals surface area contributed by atoms with Crippen molar-refractivity contribution in [3.63, 3.8) is 0 Å². The van der Waals surface area contributed by atoms with E-state index in [1.165, 1.54) is 0 Å². The van der Waals surface area contributed by atoms with Gasteiger partial charge in [0.15, 0.2) is 9.84 Å². The van der Waals surface area contributed by atoms with Crippen LogP contribution in [0.1, 0.15) is 18.4 Å². The summed E-state index contributed by atoms with van der Waals surface area (Å²) in [6, 6.07) is 5.72. The lowest BCUT2D eigenvalue weighted by atomic mass is 10.1. The monoisotopic (exact) mass is 273 g/mol. The molecule has 3 nitrogen and oxygen atoms in total. The molecule has 17 heavy (non-hydrogen) atoms. The fourth-order valence-electron chi connectivity index (χ4n) is 2.06. The maximum atomic E-state index is 11.5. The lowest BCUT2D eigenvalue weighted by molar-refractivity contribution is 0.562. The third-order valence-electron chi connectivity index (χ3n) is 3.01. The molecule has 5 heteroatoms. The van der Waals surface area contributed by atoms with Crippen molar-refractivity contribution >= 4 is 27.1 Å². The summed E-state index contributed by atoms with van der Waals surface area (Å²) in [7, 11) is -2.87. The molecule has 1 aliphatic rings. The molecule has 1 aromatic carbocycles. The molecule has 1 fully saturated rings. The average molecular weight is 274 g/mol. The van der Waals surface area contributed by atoms with Crippen LogP contribution in [0, 0.1) is 6.92 Å². The molecule has 0 bridgehead atoms. The second kappa shape index (κ2) is 4.86. The fraction of sp³-hybridized carbons (Fsp3) is 0.500. The van der Waals surface area contributed by atoms with Gasteiger partial charge in [-0.1, -0.05) is 17.7 Å². The van der Waals surface area contributed by atoms with Crippen molar-refractivity contribution in [2.75, 3.05) is 16.8 Å².